The van der Waals surface area contributed by atoms with Gasteiger partial charge in [0.15, 0.2) is 0 Å². The number of hydrogen-bond acceptors (Lipinski definition) is 4. The van der Waals surface area contributed by atoms with Crippen LogP contribution in [-0.2, 0) is 14.4 Å². The first-order chi connectivity index (χ1) is 15.5. The molecular weight excluding hydrogens is 404 g/mol. The monoisotopic (exact) mass is 448 g/mol. The summed E-state index contributed by atoms with van der Waals surface area (Å²) >= 11 is 0. The second kappa shape index (κ2) is 17.5. The minimum absolute atomic E-state index is 0.0210. The highest BCUT2D eigenvalue weighted by Gasteiger charge is 2.16. The van der Waals surface area contributed by atoms with Crippen LogP contribution in [0.15, 0.2) is 0 Å². The first-order valence-corrected chi connectivity index (χ1v) is 12.6. The van der Waals surface area contributed by atoms with E-state index in [0.29, 0.717) is 52.0 Å². The van der Waals surface area contributed by atoms with Crippen LogP contribution < -0.4 is 0 Å². The van der Waals surface area contributed by atoms with Crippen LogP contribution >= 0.6 is 0 Å². The first kappa shape index (κ1) is 27.9. The van der Waals surface area contributed by atoms with Crippen LogP contribution in [0.1, 0.15) is 97.3 Å². The smallest absolute Gasteiger partial charge is 0.222 e. The molecule has 1 rings (SSSR count). The number of rotatable bonds is 10. The van der Waals surface area contributed by atoms with E-state index in [0.717, 1.165) is 32.2 Å². The van der Waals surface area contributed by atoms with Crippen LogP contribution in [0.3, 0.4) is 0 Å². The summed E-state index contributed by atoms with van der Waals surface area (Å²) in [6, 6.07) is 2.07. The van der Waals surface area contributed by atoms with E-state index in [1.807, 2.05) is 9.80 Å². The molecule has 3 amide bonds. The highest BCUT2D eigenvalue weighted by molar-refractivity contribution is 5.76. The largest absolute Gasteiger partial charge is 0.343 e. The third kappa shape index (κ3) is 12.7. The van der Waals surface area contributed by atoms with Crippen LogP contribution in [-0.4, -0.2) is 71.7 Å². The van der Waals surface area contributed by atoms with Crippen LogP contribution in [0.5, 0.6) is 0 Å². The molecule has 32 heavy (non-hydrogen) atoms. The highest BCUT2D eigenvalue weighted by Crippen LogP contribution is 2.14. The van der Waals surface area contributed by atoms with Crippen molar-refractivity contribution in [2.75, 3.05) is 39.3 Å². The molecule has 7 heteroatoms. The molecule has 0 spiro atoms. The Morgan fingerprint density at radius 2 is 1.31 bits per heavy atom. The van der Waals surface area contributed by atoms with Gasteiger partial charge in [0.1, 0.15) is 0 Å². The van der Waals surface area contributed by atoms with Gasteiger partial charge in [-0.1, -0.05) is 44.9 Å². The first-order valence-electron chi connectivity index (χ1n) is 12.6. The number of nitriles is 1. The third-order valence-corrected chi connectivity index (χ3v) is 6.27. The fourth-order valence-corrected chi connectivity index (χ4v) is 4.28. The molecule has 0 radical (unpaired) electrons. The van der Waals surface area contributed by atoms with Gasteiger partial charge in [0.2, 0.25) is 17.7 Å². The Morgan fingerprint density at radius 1 is 0.812 bits per heavy atom. The quantitative estimate of drug-likeness (QED) is 0.503. The maximum absolute atomic E-state index is 12.7. The molecule has 0 atom stereocenters. The molecule has 0 aromatic carbocycles. The van der Waals surface area contributed by atoms with Crippen molar-refractivity contribution in [1.82, 2.24) is 14.7 Å². The predicted octanol–water partition coefficient (Wildman–Crippen LogP) is 4.12. The lowest BCUT2D eigenvalue weighted by Gasteiger charge is -2.27. The van der Waals surface area contributed by atoms with E-state index in [2.05, 4.69) is 6.07 Å². The van der Waals surface area contributed by atoms with Gasteiger partial charge < -0.3 is 14.7 Å². The molecule has 0 aromatic rings. The molecule has 1 heterocycles. The van der Waals surface area contributed by atoms with Crippen molar-refractivity contribution >= 4 is 17.7 Å². The lowest BCUT2D eigenvalue weighted by atomic mass is 10.1. The molecule has 0 unspecified atom stereocenters. The summed E-state index contributed by atoms with van der Waals surface area (Å²) in [6.45, 7) is 6.79. The maximum Gasteiger partial charge on any atom is 0.222 e. The second-order valence-corrected chi connectivity index (χ2v) is 8.94. The van der Waals surface area contributed by atoms with Crippen molar-refractivity contribution in [2.24, 2.45) is 0 Å². The zero-order valence-corrected chi connectivity index (χ0v) is 20.4. The van der Waals surface area contributed by atoms with Crippen LogP contribution in [0, 0.1) is 11.3 Å². The molecule has 0 aliphatic carbocycles. The Bertz CT molecular complexity index is 602. The number of amides is 3. The highest BCUT2D eigenvalue weighted by atomic mass is 16.2. The zero-order valence-electron chi connectivity index (χ0n) is 20.4. The fraction of sp³-hybridized carbons (Fsp3) is 0.840. The molecule has 0 N–H and O–H groups in total. The van der Waals surface area contributed by atoms with E-state index in [9.17, 15) is 14.4 Å². The molecular formula is C25H44N4O3. The summed E-state index contributed by atoms with van der Waals surface area (Å²) in [5, 5.41) is 8.74. The Labute approximate surface area is 195 Å². The maximum atomic E-state index is 12.7. The molecule has 0 saturated carbocycles. The van der Waals surface area contributed by atoms with Crippen LogP contribution in [0.25, 0.3) is 0 Å². The van der Waals surface area contributed by atoms with E-state index in [-0.39, 0.29) is 17.7 Å². The topological polar surface area (TPSA) is 84.7 Å². The minimum atomic E-state index is -0.0425. The average molecular weight is 449 g/mol. The molecule has 1 aliphatic rings. The molecule has 0 bridgehead atoms. The second-order valence-electron chi connectivity index (χ2n) is 8.94. The molecule has 182 valence electrons. The lowest BCUT2D eigenvalue weighted by molar-refractivity contribution is -0.131. The number of nitrogens with zero attached hydrogens (tertiary/aromatic N) is 4. The molecule has 1 saturated heterocycles. The van der Waals surface area contributed by atoms with Gasteiger partial charge in [0.25, 0.3) is 0 Å². The third-order valence-electron chi connectivity index (χ3n) is 6.27. The van der Waals surface area contributed by atoms with Crippen LogP contribution in [0.4, 0.5) is 0 Å². The number of carbonyl (C=O) groups is 3. The van der Waals surface area contributed by atoms with Crippen molar-refractivity contribution in [1.29, 1.82) is 5.26 Å². The van der Waals surface area contributed by atoms with Crippen LogP contribution in [0.2, 0.25) is 0 Å². The van der Waals surface area contributed by atoms with Gasteiger partial charge in [0.05, 0.1) is 12.5 Å². The average Bonchev–Trinajstić information content (AvgIpc) is 2.77. The van der Waals surface area contributed by atoms with Crippen molar-refractivity contribution in [2.45, 2.75) is 97.3 Å². The molecule has 1 aliphatic heterocycles. The standard InChI is InChI=1S/C25H44N4O3/c1-23(30)27(18-12-16-26)19-13-20-28(24(2)31)21-14-22-29-17-11-9-7-5-3-4-6-8-10-15-25(29)32/h3-15,17-22H2,1-2H3. The normalized spacial score (nSPS) is 16.3. The fourth-order valence-electron chi connectivity index (χ4n) is 4.28. The van der Waals surface area contributed by atoms with E-state index in [4.69, 9.17) is 5.26 Å². The summed E-state index contributed by atoms with van der Waals surface area (Å²) in [7, 11) is 0. The lowest BCUT2D eigenvalue weighted by Crippen LogP contribution is -2.38. The van der Waals surface area contributed by atoms with E-state index >= 15 is 0 Å². The SMILES string of the molecule is CC(=O)N(CCC#N)CCCN(CCCN1CCCCCCCCCCCC1=O)C(C)=O. The molecule has 7 nitrogen and oxygen atoms in total. The van der Waals surface area contributed by atoms with Crippen molar-refractivity contribution in [3.63, 3.8) is 0 Å². The van der Waals surface area contributed by atoms with Gasteiger partial charge in [-0.05, 0) is 25.7 Å². The Balaban J connectivity index is 2.47. The van der Waals surface area contributed by atoms with E-state index in [1.54, 1.807) is 11.8 Å². The number of hydrogen-bond donors (Lipinski definition) is 0. The van der Waals surface area contributed by atoms with Crippen molar-refractivity contribution in [3.8, 4) is 6.07 Å². The van der Waals surface area contributed by atoms with Gasteiger partial charge in [-0.15, -0.1) is 0 Å². The Morgan fingerprint density at radius 3 is 1.88 bits per heavy atom. The number of carbonyl (C=O) groups excluding carboxylic acids is 3. The zero-order chi connectivity index (χ0) is 23.6. The Kier molecular flexibility index (Phi) is 15.2. The van der Waals surface area contributed by atoms with Gasteiger partial charge in [0, 0.05) is 59.5 Å². The summed E-state index contributed by atoms with van der Waals surface area (Å²) in [4.78, 5) is 42.0. The van der Waals surface area contributed by atoms with Gasteiger partial charge in [-0.3, -0.25) is 14.4 Å². The van der Waals surface area contributed by atoms with Crippen molar-refractivity contribution in [3.05, 3.63) is 0 Å². The van der Waals surface area contributed by atoms with E-state index in [1.165, 1.54) is 45.4 Å². The molecule has 0 aromatic heterocycles. The Hall–Kier alpha value is -2.10. The van der Waals surface area contributed by atoms with Gasteiger partial charge in [-0.25, -0.2) is 0 Å². The summed E-state index contributed by atoms with van der Waals surface area (Å²) in [5.41, 5.74) is 0. The van der Waals surface area contributed by atoms with Gasteiger partial charge in [-0.2, -0.15) is 5.26 Å². The van der Waals surface area contributed by atoms with E-state index < -0.39 is 0 Å². The van der Waals surface area contributed by atoms with Crippen molar-refractivity contribution < 1.29 is 14.4 Å². The summed E-state index contributed by atoms with van der Waals surface area (Å²) in [6.07, 6.45) is 13.2. The molecule has 1 fully saturated rings. The van der Waals surface area contributed by atoms with Gasteiger partial charge >= 0.3 is 0 Å². The minimum Gasteiger partial charge on any atom is -0.343 e. The summed E-state index contributed by atoms with van der Waals surface area (Å²) < 4.78 is 0. The summed E-state index contributed by atoms with van der Waals surface area (Å²) in [5.74, 6) is 0.236. The predicted molar refractivity (Wildman–Crippen MR) is 127 cm³/mol.